The van der Waals surface area contributed by atoms with E-state index in [2.05, 4.69) is 33.9 Å². The third kappa shape index (κ3) is 2.70. The SMILES string of the molecule is CCc1nc2nc(C3=CCOCC3)[nH]n2c(=O)c1N1CC2CN(C)CCC21. The molecule has 1 N–H and O–H groups in total. The first kappa shape index (κ1) is 16.9. The van der Waals surface area contributed by atoms with Crippen LogP contribution >= 0.6 is 0 Å². The standard InChI is InChI=1S/C19H26N6O2/c1-3-14-16(24-11-13-10-23(2)7-4-15(13)24)18(26)25-19(20-14)21-17(22-25)12-5-8-27-9-6-12/h5,13,15H,3-4,6-11H2,1-2H3,(H,20,21,22). The van der Waals surface area contributed by atoms with E-state index in [4.69, 9.17) is 9.72 Å². The van der Waals surface area contributed by atoms with Crippen LogP contribution in [0.2, 0.25) is 0 Å². The van der Waals surface area contributed by atoms with Crippen molar-refractivity contribution in [3.05, 3.63) is 27.9 Å². The molecule has 2 aromatic heterocycles. The fraction of sp³-hybridized carbons (Fsp3) is 0.632. The number of aromatic nitrogens is 4. The number of rotatable bonds is 3. The number of aryl methyl sites for hydroxylation is 1. The minimum atomic E-state index is -0.0272. The van der Waals surface area contributed by atoms with Gasteiger partial charge < -0.3 is 14.5 Å². The van der Waals surface area contributed by atoms with Crippen LogP contribution in [0.25, 0.3) is 11.4 Å². The Kier molecular flexibility index (Phi) is 4.05. The van der Waals surface area contributed by atoms with Crippen molar-refractivity contribution in [2.24, 2.45) is 5.92 Å². The van der Waals surface area contributed by atoms with Gasteiger partial charge in [0.1, 0.15) is 5.69 Å². The van der Waals surface area contributed by atoms with Crippen molar-refractivity contribution < 1.29 is 4.74 Å². The van der Waals surface area contributed by atoms with E-state index in [1.54, 1.807) is 0 Å². The minimum Gasteiger partial charge on any atom is -0.377 e. The van der Waals surface area contributed by atoms with Gasteiger partial charge in [-0.25, -0.2) is 4.98 Å². The molecule has 144 valence electrons. The highest BCUT2D eigenvalue weighted by atomic mass is 16.5. The van der Waals surface area contributed by atoms with Crippen LogP contribution in [-0.4, -0.2) is 70.4 Å². The Hall–Kier alpha value is -2.19. The van der Waals surface area contributed by atoms with Crippen molar-refractivity contribution in [2.45, 2.75) is 32.2 Å². The highest BCUT2D eigenvalue weighted by molar-refractivity contribution is 5.63. The van der Waals surface area contributed by atoms with Crippen molar-refractivity contribution in [3.63, 3.8) is 0 Å². The van der Waals surface area contributed by atoms with Crippen LogP contribution in [0.15, 0.2) is 10.9 Å². The smallest absolute Gasteiger partial charge is 0.297 e. The summed E-state index contributed by atoms with van der Waals surface area (Å²) >= 11 is 0. The summed E-state index contributed by atoms with van der Waals surface area (Å²) in [4.78, 5) is 27.3. The van der Waals surface area contributed by atoms with Crippen molar-refractivity contribution >= 4 is 17.0 Å². The van der Waals surface area contributed by atoms with Crippen LogP contribution < -0.4 is 10.5 Å². The second kappa shape index (κ2) is 6.45. The average Bonchev–Trinajstić information content (AvgIpc) is 3.10. The van der Waals surface area contributed by atoms with Gasteiger partial charge in [-0.2, -0.15) is 9.50 Å². The molecule has 2 unspecified atom stereocenters. The zero-order chi connectivity index (χ0) is 18.5. The number of nitrogens with one attached hydrogen (secondary N) is 1. The molecule has 0 radical (unpaired) electrons. The summed E-state index contributed by atoms with van der Waals surface area (Å²) in [6.45, 7) is 6.47. The van der Waals surface area contributed by atoms with E-state index in [9.17, 15) is 4.79 Å². The molecule has 8 nitrogen and oxygen atoms in total. The normalized spacial score (nSPS) is 26.0. The van der Waals surface area contributed by atoms with Crippen LogP contribution in [0.5, 0.6) is 0 Å². The van der Waals surface area contributed by atoms with Gasteiger partial charge in [-0.3, -0.25) is 9.89 Å². The average molecular weight is 370 g/mol. The molecular formula is C19H26N6O2. The molecule has 0 saturated carbocycles. The van der Waals surface area contributed by atoms with Crippen molar-refractivity contribution in [2.75, 3.05) is 44.8 Å². The Morgan fingerprint density at radius 1 is 1.33 bits per heavy atom. The molecule has 0 amide bonds. The van der Waals surface area contributed by atoms with Gasteiger partial charge in [-0.05, 0) is 38.4 Å². The lowest BCUT2D eigenvalue weighted by Crippen LogP contribution is -2.64. The Bertz CT molecular complexity index is 961. The maximum atomic E-state index is 13.3. The predicted molar refractivity (Wildman–Crippen MR) is 103 cm³/mol. The van der Waals surface area contributed by atoms with Gasteiger partial charge in [0, 0.05) is 25.0 Å². The summed E-state index contributed by atoms with van der Waals surface area (Å²) in [5, 5.41) is 3.18. The largest absolute Gasteiger partial charge is 0.377 e. The fourth-order valence-electron chi connectivity index (χ4n) is 4.67. The van der Waals surface area contributed by atoms with Crippen molar-refractivity contribution in [3.8, 4) is 0 Å². The number of likely N-dealkylation sites (tertiary alicyclic amines) is 1. The lowest BCUT2D eigenvalue weighted by Gasteiger charge is -2.53. The molecule has 3 aliphatic heterocycles. The minimum absolute atomic E-state index is 0.0272. The number of hydrogen-bond donors (Lipinski definition) is 1. The number of fused-ring (bicyclic) bond motifs is 2. The van der Waals surface area contributed by atoms with Gasteiger partial charge in [-0.1, -0.05) is 13.0 Å². The maximum Gasteiger partial charge on any atom is 0.297 e. The Morgan fingerprint density at radius 2 is 2.22 bits per heavy atom. The molecule has 0 aromatic carbocycles. The molecule has 2 atom stereocenters. The Morgan fingerprint density at radius 3 is 2.96 bits per heavy atom. The summed E-state index contributed by atoms with van der Waals surface area (Å²) in [5.74, 6) is 1.84. The first-order valence-corrected chi connectivity index (χ1v) is 9.89. The number of anilines is 1. The van der Waals surface area contributed by atoms with Crippen LogP contribution in [0, 0.1) is 5.92 Å². The van der Waals surface area contributed by atoms with E-state index in [1.807, 2.05) is 6.08 Å². The summed E-state index contributed by atoms with van der Waals surface area (Å²) < 4.78 is 6.89. The monoisotopic (exact) mass is 370 g/mol. The van der Waals surface area contributed by atoms with Gasteiger partial charge in [0.05, 0.1) is 18.9 Å². The highest BCUT2D eigenvalue weighted by Crippen LogP contribution is 2.36. The summed E-state index contributed by atoms with van der Waals surface area (Å²) in [6.07, 6.45) is 4.65. The Balaban J connectivity index is 1.55. The molecule has 0 aliphatic carbocycles. The number of aromatic amines is 1. The van der Waals surface area contributed by atoms with E-state index in [-0.39, 0.29) is 5.56 Å². The summed E-state index contributed by atoms with van der Waals surface area (Å²) in [7, 11) is 2.18. The lowest BCUT2D eigenvalue weighted by molar-refractivity contribution is 0.132. The number of ether oxygens (including phenoxy) is 1. The molecule has 27 heavy (non-hydrogen) atoms. The van der Waals surface area contributed by atoms with Crippen LogP contribution in [-0.2, 0) is 11.2 Å². The van der Waals surface area contributed by atoms with Gasteiger partial charge in [-0.15, -0.1) is 0 Å². The van der Waals surface area contributed by atoms with Crippen LogP contribution in [0.1, 0.15) is 31.3 Å². The number of hydrogen-bond acceptors (Lipinski definition) is 6. The highest BCUT2D eigenvalue weighted by Gasteiger charge is 2.43. The molecule has 2 saturated heterocycles. The number of nitrogens with zero attached hydrogens (tertiary/aromatic N) is 5. The van der Waals surface area contributed by atoms with Crippen molar-refractivity contribution in [1.82, 2.24) is 24.5 Å². The predicted octanol–water partition coefficient (Wildman–Crippen LogP) is 0.924. The van der Waals surface area contributed by atoms with Gasteiger partial charge in [0.15, 0.2) is 5.82 Å². The zero-order valence-electron chi connectivity index (χ0n) is 15.9. The van der Waals surface area contributed by atoms with Crippen LogP contribution in [0.3, 0.4) is 0 Å². The second-order valence-electron chi connectivity index (χ2n) is 7.86. The van der Waals surface area contributed by atoms with E-state index in [0.29, 0.717) is 31.0 Å². The summed E-state index contributed by atoms with van der Waals surface area (Å²) in [6, 6.07) is 0.458. The third-order valence-electron chi connectivity index (χ3n) is 6.16. The lowest BCUT2D eigenvalue weighted by atomic mass is 9.82. The molecule has 0 bridgehead atoms. The Labute approximate surface area is 157 Å². The molecule has 8 heteroatoms. The quantitative estimate of drug-likeness (QED) is 0.866. The topological polar surface area (TPSA) is 78.8 Å². The molecule has 0 spiro atoms. The second-order valence-corrected chi connectivity index (χ2v) is 7.86. The number of piperidine rings is 1. The molecule has 3 aliphatic rings. The first-order chi connectivity index (χ1) is 13.2. The van der Waals surface area contributed by atoms with Crippen LogP contribution in [0.4, 0.5) is 5.69 Å². The zero-order valence-corrected chi connectivity index (χ0v) is 15.9. The van der Waals surface area contributed by atoms with Gasteiger partial charge in [0.2, 0.25) is 0 Å². The van der Waals surface area contributed by atoms with E-state index in [0.717, 1.165) is 61.7 Å². The van der Waals surface area contributed by atoms with Gasteiger partial charge >= 0.3 is 0 Å². The third-order valence-corrected chi connectivity index (χ3v) is 6.16. The molecule has 5 heterocycles. The fourth-order valence-corrected chi connectivity index (χ4v) is 4.67. The van der Waals surface area contributed by atoms with Gasteiger partial charge in [0.25, 0.3) is 11.3 Å². The first-order valence-electron chi connectivity index (χ1n) is 9.89. The molecular weight excluding hydrogens is 344 g/mol. The van der Waals surface area contributed by atoms with E-state index in [1.165, 1.54) is 4.52 Å². The van der Waals surface area contributed by atoms with Crippen molar-refractivity contribution in [1.29, 1.82) is 0 Å². The maximum absolute atomic E-state index is 13.3. The molecule has 5 rings (SSSR count). The molecule has 2 aromatic rings. The van der Waals surface area contributed by atoms with E-state index >= 15 is 0 Å². The number of H-pyrrole nitrogens is 1. The molecule has 2 fully saturated rings. The summed E-state index contributed by atoms with van der Waals surface area (Å²) in [5.41, 5.74) is 2.68. The van der Waals surface area contributed by atoms with E-state index < -0.39 is 0 Å².